The van der Waals surface area contributed by atoms with Crippen LogP contribution < -0.4 is 5.32 Å². The Morgan fingerprint density at radius 1 is 1.33 bits per heavy atom. The van der Waals surface area contributed by atoms with E-state index in [1.807, 2.05) is 0 Å². The summed E-state index contributed by atoms with van der Waals surface area (Å²) in [4.78, 5) is 22.0. The van der Waals surface area contributed by atoms with Gasteiger partial charge in [-0.1, -0.05) is 0 Å². The second-order valence-electron chi connectivity index (χ2n) is 3.09. The van der Waals surface area contributed by atoms with Gasteiger partial charge >= 0.3 is 0 Å². The van der Waals surface area contributed by atoms with Gasteiger partial charge < -0.3 is 15.5 Å². The van der Waals surface area contributed by atoms with Gasteiger partial charge in [0.25, 0.3) is 5.91 Å². The molecular formula is C10H11NO4. The van der Waals surface area contributed by atoms with E-state index in [-0.39, 0.29) is 29.4 Å². The molecule has 0 heterocycles. The molecule has 0 aromatic heterocycles. The number of benzene rings is 1. The Bertz CT molecular complexity index is 400. The lowest BCUT2D eigenvalue weighted by atomic mass is 10.1. The van der Waals surface area contributed by atoms with E-state index in [0.29, 0.717) is 0 Å². The van der Waals surface area contributed by atoms with E-state index in [0.717, 1.165) is 6.07 Å². The number of rotatable bonds is 3. The van der Waals surface area contributed by atoms with Gasteiger partial charge in [0.2, 0.25) is 0 Å². The van der Waals surface area contributed by atoms with Crippen LogP contribution in [0.3, 0.4) is 0 Å². The van der Waals surface area contributed by atoms with Gasteiger partial charge in [0.1, 0.15) is 17.3 Å². The zero-order valence-corrected chi connectivity index (χ0v) is 8.15. The lowest BCUT2D eigenvalue weighted by molar-refractivity contribution is -0.116. The number of carbonyl (C=O) groups excluding carboxylic acids is 2. The zero-order chi connectivity index (χ0) is 11.4. The van der Waals surface area contributed by atoms with E-state index in [4.69, 9.17) is 5.11 Å². The van der Waals surface area contributed by atoms with Crippen molar-refractivity contribution in [2.24, 2.45) is 0 Å². The molecule has 3 N–H and O–H groups in total. The molecule has 5 heteroatoms. The molecule has 0 spiro atoms. The number of phenolic OH excluding ortho intramolecular Hbond substituents is 2. The molecule has 0 saturated carbocycles. The first-order valence-electron chi connectivity index (χ1n) is 4.30. The molecule has 0 fully saturated rings. The third-order valence-electron chi connectivity index (χ3n) is 1.72. The van der Waals surface area contributed by atoms with Crippen molar-refractivity contribution in [1.29, 1.82) is 0 Å². The molecule has 0 atom stereocenters. The van der Waals surface area contributed by atoms with Crippen LogP contribution in [0.15, 0.2) is 18.2 Å². The van der Waals surface area contributed by atoms with Gasteiger partial charge in [-0.05, 0) is 25.1 Å². The van der Waals surface area contributed by atoms with Crippen LogP contribution in [-0.2, 0) is 4.79 Å². The smallest absolute Gasteiger partial charge is 0.255 e. The number of aromatic hydroxyl groups is 2. The zero-order valence-electron chi connectivity index (χ0n) is 8.15. The highest BCUT2D eigenvalue weighted by atomic mass is 16.3. The summed E-state index contributed by atoms with van der Waals surface area (Å²) in [6, 6.07) is 3.60. The molecule has 0 aliphatic heterocycles. The van der Waals surface area contributed by atoms with E-state index in [2.05, 4.69) is 5.32 Å². The number of hydrogen-bond acceptors (Lipinski definition) is 4. The average molecular weight is 209 g/mol. The highest BCUT2D eigenvalue weighted by molar-refractivity contribution is 5.98. The molecule has 5 nitrogen and oxygen atoms in total. The van der Waals surface area contributed by atoms with Crippen molar-refractivity contribution in [3.8, 4) is 11.5 Å². The van der Waals surface area contributed by atoms with Crippen LogP contribution in [0.4, 0.5) is 0 Å². The van der Waals surface area contributed by atoms with E-state index < -0.39 is 5.91 Å². The van der Waals surface area contributed by atoms with Crippen molar-refractivity contribution in [3.63, 3.8) is 0 Å². The number of amides is 1. The van der Waals surface area contributed by atoms with Gasteiger partial charge in [-0.25, -0.2) is 0 Å². The predicted molar refractivity (Wildman–Crippen MR) is 52.8 cm³/mol. The van der Waals surface area contributed by atoms with Gasteiger partial charge in [0.05, 0.1) is 12.1 Å². The van der Waals surface area contributed by atoms with Crippen LogP contribution in [0, 0.1) is 0 Å². The molecule has 1 aromatic rings. The SMILES string of the molecule is CC(=O)CNC(=O)c1cc(O)ccc1O. The summed E-state index contributed by atoms with van der Waals surface area (Å²) in [7, 11) is 0. The predicted octanol–water partition coefficient (Wildman–Crippen LogP) is 0.417. The molecule has 1 amide bonds. The van der Waals surface area contributed by atoms with Crippen molar-refractivity contribution in [2.45, 2.75) is 6.92 Å². The van der Waals surface area contributed by atoms with Crippen LogP contribution in [0.5, 0.6) is 11.5 Å². The average Bonchev–Trinajstić information content (AvgIpc) is 2.18. The first-order valence-corrected chi connectivity index (χ1v) is 4.30. The highest BCUT2D eigenvalue weighted by Crippen LogP contribution is 2.21. The van der Waals surface area contributed by atoms with Crippen LogP contribution in [-0.4, -0.2) is 28.4 Å². The summed E-state index contributed by atoms with van der Waals surface area (Å²) in [5, 5.41) is 20.7. The minimum Gasteiger partial charge on any atom is -0.508 e. The van der Waals surface area contributed by atoms with Crippen molar-refractivity contribution in [2.75, 3.05) is 6.54 Å². The van der Waals surface area contributed by atoms with Crippen LogP contribution >= 0.6 is 0 Å². The van der Waals surface area contributed by atoms with Crippen LogP contribution in [0.2, 0.25) is 0 Å². The molecule has 0 aliphatic rings. The fourth-order valence-electron chi connectivity index (χ4n) is 1.01. The van der Waals surface area contributed by atoms with Gasteiger partial charge in [-0.15, -0.1) is 0 Å². The Hall–Kier alpha value is -2.04. The Balaban J connectivity index is 2.81. The van der Waals surface area contributed by atoms with Gasteiger partial charge in [0.15, 0.2) is 0 Å². The van der Waals surface area contributed by atoms with E-state index in [1.165, 1.54) is 19.1 Å². The van der Waals surface area contributed by atoms with Crippen molar-refractivity contribution < 1.29 is 19.8 Å². The third kappa shape index (κ3) is 2.98. The molecule has 0 saturated heterocycles. The summed E-state index contributed by atoms with van der Waals surface area (Å²) in [5.74, 6) is -1.16. The quantitative estimate of drug-likeness (QED) is 0.629. The van der Waals surface area contributed by atoms with Gasteiger partial charge in [-0.3, -0.25) is 9.59 Å². The first-order chi connectivity index (χ1) is 7.00. The molecule has 80 valence electrons. The standard InChI is InChI=1S/C10H11NO4/c1-6(12)5-11-10(15)8-4-7(13)2-3-9(8)14/h2-4,13-14H,5H2,1H3,(H,11,15). The third-order valence-corrected chi connectivity index (χ3v) is 1.72. The second-order valence-corrected chi connectivity index (χ2v) is 3.09. The van der Waals surface area contributed by atoms with E-state index in [1.54, 1.807) is 0 Å². The van der Waals surface area contributed by atoms with E-state index >= 15 is 0 Å². The van der Waals surface area contributed by atoms with Crippen LogP contribution in [0.25, 0.3) is 0 Å². The maximum absolute atomic E-state index is 11.4. The number of Topliss-reactive ketones (excluding diaryl/α,β-unsaturated/α-hetero) is 1. The Morgan fingerprint density at radius 3 is 2.60 bits per heavy atom. The Labute approximate surface area is 86.4 Å². The van der Waals surface area contributed by atoms with Gasteiger partial charge in [0, 0.05) is 0 Å². The maximum Gasteiger partial charge on any atom is 0.255 e. The summed E-state index contributed by atoms with van der Waals surface area (Å²) in [6.45, 7) is 1.23. The molecule has 0 aliphatic carbocycles. The van der Waals surface area contributed by atoms with Crippen LogP contribution in [0.1, 0.15) is 17.3 Å². The Morgan fingerprint density at radius 2 is 2.00 bits per heavy atom. The monoisotopic (exact) mass is 209 g/mol. The number of hydrogen-bond donors (Lipinski definition) is 3. The first kappa shape index (κ1) is 11.0. The molecule has 0 unspecified atom stereocenters. The van der Waals surface area contributed by atoms with Gasteiger partial charge in [-0.2, -0.15) is 0 Å². The minimum absolute atomic E-state index is 0.0590. The maximum atomic E-state index is 11.4. The molecule has 1 aromatic carbocycles. The van der Waals surface area contributed by atoms with Crippen molar-refractivity contribution >= 4 is 11.7 Å². The highest BCUT2D eigenvalue weighted by Gasteiger charge is 2.11. The van der Waals surface area contributed by atoms with E-state index in [9.17, 15) is 14.7 Å². The molecule has 0 bridgehead atoms. The summed E-state index contributed by atoms with van der Waals surface area (Å²) in [5.41, 5.74) is -0.0590. The minimum atomic E-state index is -0.599. The summed E-state index contributed by atoms with van der Waals surface area (Å²) < 4.78 is 0. The number of ketones is 1. The topological polar surface area (TPSA) is 86.6 Å². The van der Waals surface area contributed by atoms with Crippen molar-refractivity contribution in [3.05, 3.63) is 23.8 Å². The fourth-order valence-corrected chi connectivity index (χ4v) is 1.01. The lowest BCUT2D eigenvalue weighted by Gasteiger charge is -2.05. The lowest BCUT2D eigenvalue weighted by Crippen LogP contribution is -2.28. The molecule has 1 rings (SSSR count). The summed E-state index contributed by atoms with van der Waals surface area (Å²) in [6.07, 6.45) is 0. The normalized spacial score (nSPS) is 9.67. The largest absolute Gasteiger partial charge is 0.508 e. The number of nitrogens with one attached hydrogen (secondary N) is 1. The molecule has 0 radical (unpaired) electrons. The molecule has 15 heavy (non-hydrogen) atoms. The second kappa shape index (κ2) is 4.45. The summed E-state index contributed by atoms with van der Waals surface area (Å²) >= 11 is 0. The Kier molecular flexibility index (Phi) is 3.28. The number of phenols is 2. The van der Waals surface area contributed by atoms with Crippen molar-refractivity contribution in [1.82, 2.24) is 5.32 Å². The molecular weight excluding hydrogens is 198 g/mol. The fraction of sp³-hybridized carbons (Fsp3) is 0.200. The number of carbonyl (C=O) groups is 2.